The fourth-order valence-electron chi connectivity index (χ4n) is 2.35. The van der Waals surface area contributed by atoms with E-state index >= 15 is 0 Å². The number of aromatic carboxylic acids is 1. The average molecular weight is 272 g/mol. The zero-order chi connectivity index (χ0) is 13.3. The molecule has 0 aliphatic carbocycles. The van der Waals surface area contributed by atoms with E-state index in [1.165, 1.54) is 10.6 Å². The lowest BCUT2D eigenvalue weighted by molar-refractivity contribution is 0.0680. The molecule has 0 bridgehead atoms. The summed E-state index contributed by atoms with van der Waals surface area (Å²) in [4.78, 5) is 11.0. The molecular formula is C11H16N2O4S. The highest BCUT2D eigenvalue weighted by atomic mass is 32.2. The predicted molar refractivity (Wildman–Crippen MR) is 66.1 cm³/mol. The molecule has 1 saturated heterocycles. The first-order chi connectivity index (χ1) is 8.39. The summed E-state index contributed by atoms with van der Waals surface area (Å²) in [5.41, 5.74) is 0.257. The fourth-order valence-corrected chi connectivity index (χ4v) is 3.22. The number of rotatable bonds is 3. The van der Waals surface area contributed by atoms with Crippen molar-refractivity contribution < 1.29 is 18.3 Å². The van der Waals surface area contributed by atoms with Crippen molar-refractivity contribution in [3.8, 4) is 0 Å². The van der Waals surface area contributed by atoms with Crippen LogP contribution in [-0.4, -0.2) is 47.7 Å². The predicted octanol–water partition coefficient (Wildman–Crippen LogP) is 0.783. The van der Waals surface area contributed by atoms with E-state index < -0.39 is 16.0 Å². The van der Waals surface area contributed by atoms with Gasteiger partial charge in [-0.05, 0) is 25.0 Å². The lowest BCUT2D eigenvalue weighted by Crippen LogP contribution is -2.38. The van der Waals surface area contributed by atoms with Crippen LogP contribution in [0.25, 0.3) is 0 Å². The maximum atomic E-state index is 11.4. The van der Waals surface area contributed by atoms with Crippen molar-refractivity contribution in [1.82, 2.24) is 8.87 Å². The van der Waals surface area contributed by atoms with Gasteiger partial charge in [0.05, 0.1) is 6.26 Å². The molecule has 0 unspecified atom stereocenters. The Labute approximate surface area is 106 Å². The van der Waals surface area contributed by atoms with Gasteiger partial charge in [0.25, 0.3) is 0 Å². The molecule has 7 heteroatoms. The molecule has 0 aromatic carbocycles. The summed E-state index contributed by atoms with van der Waals surface area (Å²) >= 11 is 0. The smallest absolute Gasteiger partial charge is 0.352 e. The van der Waals surface area contributed by atoms with Crippen LogP contribution in [0.5, 0.6) is 0 Å². The lowest BCUT2D eigenvalue weighted by atomic mass is 10.1. The van der Waals surface area contributed by atoms with Crippen molar-refractivity contribution >= 4 is 16.0 Å². The summed E-state index contributed by atoms with van der Waals surface area (Å²) in [7, 11) is -3.14. The van der Waals surface area contributed by atoms with Crippen LogP contribution in [-0.2, 0) is 10.0 Å². The van der Waals surface area contributed by atoms with Crippen molar-refractivity contribution in [2.75, 3.05) is 19.3 Å². The summed E-state index contributed by atoms with van der Waals surface area (Å²) in [6, 6.07) is 3.32. The summed E-state index contributed by atoms with van der Waals surface area (Å²) in [5, 5.41) is 9.04. The highest BCUT2D eigenvalue weighted by molar-refractivity contribution is 7.88. The number of carboxylic acid groups (broad SMARTS) is 1. The minimum atomic E-state index is -3.14. The van der Waals surface area contributed by atoms with Gasteiger partial charge in [0.2, 0.25) is 10.0 Å². The van der Waals surface area contributed by atoms with Gasteiger partial charge in [-0.1, -0.05) is 0 Å². The Kier molecular flexibility index (Phi) is 3.45. The van der Waals surface area contributed by atoms with Crippen LogP contribution in [0, 0.1) is 0 Å². The number of hydrogen-bond donors (Lipinski definition) is 1. The molecule has 1 aromatic heterocycles. The summed E-state index contributed by atoms with van der Waals surface area (Å²) in [6.07, 6.45) is 4.22. The van der Waals surface area contributed by atoms with Gasteiger partial charge in [0, 0.05) is 25.3 Å². The first-order valence-electron chi connectivity index (χ1n) is 5.75. The zero-order valence-electron chi connectivity index (χ0n) is 10.1. The van der Waals surface area contributed by atoms with Gasteiger partial charge < -0.3 is 9.67 Å². The summed E-state index contributed by atoms with van der Waals surface area (Å²) < 4.78 is 25.9. The molecule has 2 heterocycles. The first kappa shape index (κ1) is 13.1. The first-order valence-corrected chi connectivity index (χ1v) is 7.59. The number of nitrogens with zero attached hydrogens (tertiary/aromatic N) is 2. The molecule has 18 heavy (non-hydrogen) atoms. The number of hydrogen-bond acceptors (Lipinski definition) is 3. The molecule has 2 rings (SSSR count). The third-order valence-corrected chi connectivity index (χ3v) is 4.59. The molecule has 0 atom stereocenters. The van der Waals surface area contributed by atoms with Gasteiger partial charge >= 0.3 is 5.97 Å². The van der Waals surface area contributed by atoms with Crippen LogP contribution in [0.4, 0.5) is 0 Å². The van der Waals surface area contributed by atoms with Crippen molar-refractivity contribution in [2.45, 2.75) is 18.9 Å². The maximum Gasteiger partial charge on any atom is 0.352 e. The molecule has 6 nitrogen and oxygen atoms in total. The maximum absolute atomic E-state index is 11.4. The summed E-state index contributed by atoms with van der Waals surface area (Å²) in [5.74, 6) is -0.953. The molecule has 0 spiro atoms. The van der Waals surface area contributed by atoms with Crippen molar-refractivity contribution in [2.24, 2.45) is 0 Å². The van der Waals surface area contributed by atoms with E-state index in [2.05, 4.69) is 0 Å². The number of aromatic nitrogens is 1. The van der Waals surface area contributed by atoms with Gasteiger partial charge in [-0.15, -0.1) is 0 Å². The molecular weight excluding hydrogens is 256 g/mol. The van der Waals surface area contributed by atoms with Crippen LogP contribution in [0.1, 0.15) is 29.4 Å². The quantitative estimate of drug-likeness (QED) is 0.882. The van der Waals surface area contributed by atoms with Crippen LogP contribution in [0.15, 0.2) is 18.3 Å². The average Bonchev–Trinajstić information content (AvgIpc) is 2.77. The number of carbonyl (C=O) groups is 1. The molecule has 100 valence electrons. The Morgan fingerprint density at radius 3 is 2.50 bits per heavy atom. The van der Waals surface area contributed by atoms with Crippen LogP contribution in [0.2, 0.25) is 0 Å². The molecule has 1 fully saturated rings. The van der Waals surface area contributed by atoms with E-state index in [0.717, 1.165) is 0 Å². The largest absolute Gasteiger partial charge is 0.477 e. The van der Waals surface area contributed by atoms with E-state index in [-0.39, 0.29) is 11.7 Å². The summed E-state index contributed by atoms with van der Waals surface area (Å²) in [6.45, 7) is 0.890. The molecule has 0 radical (unpaired) electrons. The van der Waals surface area contributed by atoms with Crippen molar-refractivity contribution in [3.63, 3.8) is 0 Å². The van der Waals surface area contributed by atoms with E-state index in [4.69, 9.17) is 5.11 Å². The molecule has 0 saturated carbocycles. The minimum Gasteiger partial charge on any atom is -0.477 e. The number of carboxylic acids is 1. The van der Waals surface area contributed by atoms with Gasteiger partial charge in [-0.2, -0.15) is 0 Å². The Balaban J connectivity index is 2.10. The Morgan fingerprint density at radius 2 is 2.00 bits per heavy atom. The molecule has 0 amide bonds. The van der Waals surface area contributed by atoms with Gasteiger partial charge in [0.15, 0.2) is 0 Å². The fraction of sp³-hybridized carbons (Fsp3) is 0.545. The van der Waals surface area contributed by atoms with Gasteiger partial charge in [-0.25, -0.2) is 17.5 Å². The van der Waals surface area contributed by atoms with E-state index in [1.807, 2.05) is 0 Å². The SMILES string of the molecule is CS(=O)(=O)N1CCC(n2cccc2C(=O)O)CC1. The number of piperidine rings is 1. The molecule has 1 aromatic rings. The molecule has 1 aliphatic heterocycles. The third-order valence-electron chi connectivity index (χ3n) is 3.28. The van der Waals surface area contributed by atoms with Crippen molar-refractivity contribution in [1.29, 1.82) is 0 Å². The second-order valence-corrected chi connectivity index (χ2v) is 6.48. The van der Waals surface area contributed by atoms with Gasteiger partial charge in [-0.3, -0.25) is 0 Å². The second-order valence-electron chi connectivity index (χ2n) is 4.50. The third kappa shape index (κ3) is 2.56. The molecule has 1 N–H and O–H groups in total. The van der Waals surface area contributed by atoms with Crippen LogP contribution >= 0.6 is 0 Å². The van der Waals surface area contributed by atoms with E-state index in [0.29, 0.717) is 25.9 Å². The normalized spacial score (nSPS) is 18.9. The van der Waals surface area contributed by atoms with Crippen molar-refractivity contribution in [3.05, 3.63) is 24.0 Å². The van der Waals surface area contributed by atoms with E-state index in [1.54, 1.807) is 22.9 Å². The highest BCUT2D eigenvalue weighted by Gasteiger charge is 2.27. The number of sulfonamides is 1. The highest BCUT2D eigenvalue weighted by Crippen LogP contribution is 2.25. The standard InChI is InChI=1S/C11H16N2O4S/c1-18(16,17)12-7-4-9(5-8-12)13-6-2-3-10(13)11(14)15/h2-3,6,9H,4-5,7-8H2,1H3,(H,14,15). The monoisotopic (exact) mass is 272 g/mol. The van der Waals surface area contributed by atoms with E-state index in [9.17, 15) is 13.2 Å². The zero-order valence-corrected chi connectivity index (χ0v) is 10.9. The molecule has 1 aliphatic rings. The van der Waals surface area contributed by atoms with Gasteiger partial charge in [0.1, 0.15) is 5.69 Å². The Bertz CT molecular complexity index is 541. The lowest BCUT2D eigenvalue weighted by Gasteiger charge is -2.31. The van der Waals surface area contributed by atoms with Crippen LogP contribution in [0.3, 0.4) is 0 Å². The Morgan fingerprint density at radius 1 is 1.39 bits per heavy atom. The topological polar surface area (TPSA) is 79.6 Å². The minimum absolute atomic E-state index is 0.0594. The van der Waals surface area contributed by atoms with Crippen LogP contribution < -0.4 is 0 Å². The second kappa shape index (κ2) is 4.74. The Hall–Kier alpha value is -1.34.